The maximum absolute atomic E-state index is 4.27. The summed E-state index contributed by atoms with van der Waals surface area (Å²) in [4.78, 5) is 5.49. The Labute approximate surface area is 122 Å². The predicted octanol–water partition coefficient (Wildman–Crippen LogP) is 4.54. The summed E-state index contributed by atoms with van der Waals surface area (Å²) in [5, 5.41) is 4.57. The summed E-state index contributed by atoms with van der Waals surface area (Å²) in [5.74, 6) is 0. The SMILES string of the molecule is C=Nc1c(C(NC)c2ccccc2)sc2ccccc12. The summed E-state index contributed by atoms with van der Waals surface area (Å²) in [6.07, 6.45) is 0. The number of hydrogen-bond acceptors (Lipinski definition) is 3. The van der Waals surface area contributed by atoms with E-state index in [-0.39, 0.29) is 6.04 Å². The first-order valence-electron chi connectivity index (χ1n) is 6.55. The normalized spacial score (nSPS) is 12.4. The number of nitrogens with zero attached hydrogens (tertiary/aromatic N) is 1. The third-order valence-electron chi connectivity index (χ3n) is 3.44. The van der Waals surface area contributed by atoms with Crippen LogP contribution in [0.4, 0.5) is 5.69 Å². The van der Waals surface area contributed by atoms with Gasteiger partial charge >= 0.3 is 0 Å². The molecule has 20 heavy (non-hydrogen) atoms. The zero-order valence-electron chi connectivity index (χ0n) is 11.3. The Balaban J connectivity index is 2.19. The molecule has 100 valence electrons. The molecule has 0 bridgehead atoms. The molecule has 2 aromatic carbocycles. The molecular formula is C17H16N2S. The van der Waals surface area contributed by atoms with Crippen LogP contribution in [0.15, 0.2) is 59.6 Å². The molecule has 1 aromatic heterocycles. The van der Waals surface area contributed by atoms with Crippen molar-refractivity contribution in [2.24, 2.45) is 4.99 Å². The molecular weight excluding hydrogens is 264 g/mol. The van der Waals surface area contributed by atoms with Gasteiger partial charge in [0.1, 0.15) is 0 Å². The van der Waals surface area contributed by atoms with Gasteiger partial charge in [0.05, 0.1) is 16.6 Å². The van der Waals surface area contributed by atoms with E-state index in [1.807, 2.05) is 19.2 Å². The van der Waals surface area contributed by atoms with Gasteiger partial charge < -0.3 is 5.32 Å². The van der Waals surface area contributed by atoms with Gasteiger partial charge in [0.2, 0.25) is 0 Å². The second-order valence-corrected chi connectivity index (χ2v) is 5.69. The summed E-state index contributed by atoms with van der Waals surface area (Å²) in [7, 11) is 1.98. The quantitative estimate of drug-likeness (QED) is 0.697. The van der Waals surface area contributed by atoms with Crippen LogP contribution < -0.4 is 5.32 Å². The van der Waals surface area contributed by atoms with E-state index >= 15 is 0 Å². The maximum atomic E-state index is 4.27. The third-order valence-corrected chi connectivity index (χ3v) is 4.66. The average molecular weight is 280 g/mol. The van der Waals surface area contributed by atoms with Crippen molar-refractivity contribution in [3.05, 3.63) is 65.0 Å². The molecule has 3 rings (SSSR count). The van der Waals surface area contributed by atoms with Crippen molar-refractivity contribution in [2.75, 3.05) is 7.05 Å². The minimum atomic E-state index is 0.147. The fourth-order valence-corrected chi connectivity index (χ4v) is 3.81. The number of rotatable bonds is 4. The maximum Gasteiger partial charge on any atom is 0.0859 e. The highest BCUT2D eigenvalue weighted by molar-refractivity contribution is 7.19. The number of fused-ring (bicyclic) bond motifs is 1. The Kier molecular flexibility index (Phi) is 3.63. The van der Waals surface area contributed by atoms with Crippen LogP contribution in [0, 0.1) is 0 Å². The van der Waals surface area contributed by atoms with Crippen LogP contribution in [-0.2, 0) is 0 Å². The third kappa shape index (κ3) is 2.15. The fourth-order valence-electron chi connectivity index (χ4n) is 2.50. The Morgan fingerprint density at radius 1 is 1.05 bits per heavy atom. The topological polar surface area (TPSA) is 24.4 Å². The lowest BCUT2D eigenvalue weighted by molar-refractivity contribution is 0.705. The smallest absolute Gasteiger partial charge is 0.0859 e. The molecule has 0 saturated carbocycles. The Hall–Kier alpha value is -1.97. The van der Waals surface area contributed by atoms with Gasteiger partial charge in [-0.25, -0.2) is 0 Å². The van der Waals surface area contributed by atoms with Gasteiger partial charge in [-0.3, -0.25) is 4.99 Å². The molecule has 1 atom stereocenters. The average Bonchev–Trinajstić information content (AvgIpc) is 2.87. The van der Waals surface area contributed by atoms with E-state index in [4.69, 9.17) is 0 Å². The molecule has 1 N–H and O–H groups in total. The predicted molar refractivity (Wildman–Crippen MR) is 88.4 cm³/mol. The molecule has 0 spiro atoms. The molecule has 3 aromatic rings. The van der Waals surface area contributed by atoms with Crippen LogP contribution in [0.5, 0.6) is 0 Å². The number of hydrogen-bond donors (Lipinski definition) is 1. The van der Waals surface area contributed by atoms with Gasteiger partial charge in [-0.2, -0.15) is 0 Å². The molecule has 0 aliphatic rings. The molecule has 1 unspecified atom stereocenters. The highest BCUT2D eigenvalue weighted by atomic mass is 32.1. The number of benzene rings is 2. The van der Waals surface area contributed by atoms with Gasteiger partial charge in [0, 0.05) is 10.1 Å². The fraction of sp³-hybridized carbons (Fsp3) is 0.118. The Morgan fingerprint density at radius 2 is 1.75 bits per heavy atom. The van der Waals surface area contributed by atoms with Gasteiger partial charge in [-0.15, -0.1) is 11.3 Å². The minimum Gasteiger partial charge on any atom is -0.309 e. The van der Waals surface area contributed by atoms with E-state index in [0.717, 1.165) is 5.69 Å². The zero-order chi connectivity index (χ0) is 13.9. The summed E-state index contributed by atoms with van der Waals surface area (Å²) in [6, 6.07) is 18.9. The first-order valence-corrected chi connectivity index (χ1v) is 7.37. The summed E-state index contributed by atoms with van der Waals surface area (Å²) in [6.45, 7) is 3.75. The standard InChI is InChI=1S/C17H16N2S/c1-18-15(12-8-4-3-5-9-12)17-16(19-2)13-10-6-7-11-14(13)20-17/h3-11,15,18H,2H2,1H3. The molecule has 0 aliphatic heterocycles. The van der Waals surface area contributed by atoms with Crippen LogP contribution >= 0.6 is 11.3 Å². The Morgan fingerprint density at radius 3 is 2.45 bits per heavy atom. The van der Waals surface area contributed by atoms with Crippen LogP contribution in [0.3, 0.4) is 0 Å². The van der Waals surface area contributed by atoms with Crippen molar-refractivity contribution in [3.8, 4) is 0 Å². The van der Waals surface area contributed by atoms with Gasteiger partial charge in [0.15, 0.2) is 0 Å². The monoisotopic (exact) mass is 280 g/mol. The van der Waals surface area contributed by atoms with Crippen LogP contribution in [0.1, 0.15) is 16.5 Å². The van der Waals surface area contributed by atoms with Gasteiger partial charge in [0.25, 0.3) is 0 Å². The highest BCUT2D eigenvalue weighted by Gasteiger charge is 2.20. The summed E-state index contributed by atoms with van der Waals surface area (Å²) < 4.78 is 1.25. The van der Waals surface area contributed by atoms with Crippen molar-refractivity contribution in [2.45, 2.75) is 6.04 Å². The molecule has 3 heteroatoms. The molecule has 0 saturated heterocycles. The van der Waals surface area contributed by atoms with E-state index in [0.29, 0.717) is 0 Å². The van der Waals surface area contributed by atoms with Crippen molar-refractivity contribution in [3.63, 3.8) is 0 Å². The lowest BCUT2D eigenvalue weighted by Gasteiger charge is -2.16. The van der Waals surface area contributed by atoms with Crippen molar-refractivity contribution in [1.82, 2.24) is 5.32 Å². The van der Waals surface area contributed by atoms with Crippen LogP contribution in [0.25, 0.3) is 10.1 Å². The molecule has 0 aliphatic carbocycles. The van der Waals surface area contributed by atoms with Gasteiger partial charge in [-0.1, -0.05) is 48.5 Å². The van der Waals surface area contributed by atoms with Gasteiger partial charge in [-0.05, 0) is 25.4 Å². The first kappa shape index (κ1) is 13.0. The summed E-state index contributed by atoms with van der Waals surface area (Å²) >= 11 is 1.78. The van der Waals surface area contributed by atoms with Crippen LogP contribution in [0.2, 0.25) is 0 Å². The van der Waals surface area contributed by atoms with E-state index in [2.05, 4.69) is 59.5 Å². The van der Waals surface area contributed by atoms with E-state index < -0.39 is 0 Å². The molecule has 0 radical (unpaired) electrons. The Bertz CT molecular complexity index is 731. The lowest BCUT2D eigenvalue weighted by Crippen LogP contribution is -2.16. The largest absolute Gasteiger partial charge is 0.309 e. The molecule has 0 fully saturated rings. The highest BCUT2D eigenvalue weighted by Crippen LogP contribution is 2.42. The second-order valence-electron chi connectivity index (χ2n) is 4.60. The minimum absolute atomic E-state index is 0.147. The summed E-state index contributed by atoms with van der Waals surface area (Å²) in [5.41, 5.74) is 2.24. The van der Waals surface area contributed by atoms with E-state index in [1.54, 1.807) is 11.3 Å². The number of nitrogens with one attached hydrogen (secondary N) is 1. The first-order chi connectivity index (χ1) is 9.85. The van der Waals surface area contributed by atoms with Crippen molar-refractivity contribution < 1.29 is 0 Å². The number of aliphatic imine (C=N–C) groups is 1. The molecule has 2 nitrogen and oxygen atoms in total. The van der Waals surface area contributed by atoms with Crippen molar-refractivity contribution >= 4 is 33.8 Å². The molecule has 0 amide bonds. The lowest BCUT2D eigenvalue weighted by atomic mass is 10.0. The van der Waals surface area contributed by atoms with E-state index in [1.165, 1.54) is 20.5 Å². The molecule has 1 heterocycles. The second kappa shape index (κ2) is 5.57. The van der Waals surface area contributed by atoms with Crippen molar-refractivity contribution in [1.29, 1.82) is 0 Å². The van der Waals surface area contributed by atoms with Crippen LogP contribution in [-0.4, -0.2) is 13.8 Å². The van der Waals surface area contributed by atoms with E-state index in [9.17, 15) is 0 Å². The number of thiophene rings is 1. The zero-order valence-corrected chi connectivity index (χ0v) is 12.2.